The van der Waals surface area contributed by atoms with Crippen LogP contribution in [0.4, 0.5) is 13.6 Å². The van der Waals surface area contributed by atoms with Crippen LogP contribution in [0.25, 0.3) is 0 Å². The van der Waals surface area contributed by atoms with Gasteiger partial charge < -0.3 is 10.1 Å². The maximum Gasteiger partial charge on any atom is 0.407 e. The zero-order valence-electron chi connectivity index (χ0n) is 10.9. The number of hydrogen-bond donors (Lipinski definition) is 1. The van der Waals surface area contributed by atoms with Gasteiger partial charge in [0.05, 0.1) is 6.04 Å². The monoisotopic (exact) mass is 284 g/mol. The molecule has 0 spiro atoms. The molecule has 1 N–H and O–H groups in total. The molecule has 6 heteroatoms. The van der Waals surface area contributed by atoms with E-state index >= 15 is 0 Å². The van der Waals surface area contributed by atoms with Gasteiger partial charge in [-0.3, -0.25) is 0 Å². The Bertz CT molecular complexity index is 453. The van der Waals surface area contributed by atoms with Crippen molar-refractivity contribution in [1.29, 1.82) is 0 Å². The number of amides is 1. The summed E-state index contributed by atoms with van der Waals surface area (Å²) in [5.41, 5.74) is 0.787. The number of benzene rings is 1. The summed E-state index contributed by atoms with van der Waals surface area (Å²) in [7, 11) is 0. The van der Waals surface area contributed by atoms with Gasteiger partial charge in [0.25, 0.3) is 5.92 Å². The molecule has 20 heavy (non-hydrogen) atoms. The van der Waals surface area contributed by atoms with E-state index < -0.39 is 30.6 Å². The first kappa shape index (κ1) is 14.7. The molecule has 1 aromatic rings. The van der Waals surface area contributed by atoms with E-state index in [4.69, 9.17) is 4.74 Å². The molecule has 1 fully saturated rings. The number of hydrogen-bond acceptors (Lipinski definition) is 2. The molecule has 1 saturated carbocycles. The molecule has 1 aliphatic rings. The Kier molecular flexibility index (Phi) is 4.54. The maximum atomic E-state index is 13.2. The minimum absolute atomic E-state index is 0.0410. The lowest BCUT2D eigenvalue weighted by Crippen LogP contribution is -2.53. The molecule has 1 aliphatic carbocycles. The van der Waals surface area contributed by atoms with Crippen molar-refractivity contribution in [3.05, 3.63) is 35.9 Å². The fourth-order valence-electron chi connectivity index (χ4n) is 2.21. The Labute approximate surface area is 115 Å². The summed E-state index contributed by atoms with van der Waals surface area (Å²) in [5, 5.41) is 13.8. The highest BCUT2D eigenvalue weighted by atomic mass is 19.3. The molecule has 0 saturated heterocycles. The molecule has 0 bridgehead atoms. The Morgan fingerprint density at radius 3 is 2.75 bits per heavy atom. The largest absolute Gasteiger partial charge is 0.445 e. The van der Waals surface area contributed by atoms with E-state index in [0.29, 0.717) is 0 Å². The van der Waals surface area contributed by atoms with Gasteiger partial charge in [-0.2, -0.15) is 0 Å². The molecule has 1 amide bonds. The van der Waals surface area contributed by atoms with Crippen LogP contribution in [0.5, 0.6) is 0 Å². The maximum absolute atomic E-state index is 13.2. The van der Waals surface area contributed by atoms with Crippen LogP contribution in [0, 0.1) is 0 Å². The van der Waals surface area contributed by atoms with E-state index in [2.05, 4.69) is 5.32 Å². The molecule has 0 heterocycles. The minimum Gasteiger partial charge on any atom is -0.445 e. The van der Waals surface area contributed by atoms with E-state index in [9.17, 15) is 18.7 Å². The van der Waals surface area contributed by atoms with E-state index in [1.165, 1.54) is 0 Å². The van der Waals surface area contributed by atoms with Crippen LogP contribution in [0.15, 0.2) is 30.3 Å². The summed E-state index contributed by atoms with van der Waals surface area (Å²) in [6.45, 7) is 0.0410. The predicted molar refractivity (Wildman–Crippen MR) is 66.8 cm³/mol. The van der Waals surface area contributed by atoms with Gasteiger partial charge in [0.15, 0.2) is 6.10 Å². The van der Waals surface area contributed by atoms with Crippen LogP contribution in [-0.2, 0) is 16.5 Å². The van der Waals surface area contributed by atoms with Gasteiger partial charge in [-0.05, 0) is 18.4 Å². The lowest BCUT2D eigenvalue weighted by atomic mass is 9.89. The van der Waals surface area contributed by atoms with Crippen LogP contribution in [0.2, 0.25) is 0 Å². The molecular weight excluding hydrogens is 268 g/mol. The Morgan fingerprint density at radius 2 is 2.05 bits per heavy atom. The van der Waals surface area contributed by atoms with Gasteiger partial charge in [-0.1, -0.05) is 30.3 Å². The second-order valence-electron chi connectivity index (χ2n) is 4.89. The SMILES string of the molecule is [O]C1C(NC(=O)OCc2ccccc2)CCCC1(F)F. The third-order valence-electron chi connectivity index (χ3n) is 3.32. The van der Waals surface area contributed by atoms with Crippen LogP contribution in [0.1, 0.15) is 24.8 Å². The fraction of sp³-hybridized carbons (Fsp3) is 0.500. The predicted octanol–water partition coefficient (Wildman–Crippen LogP) is 2.90. The molecule has 2 atom stereocenters. The summed E-state index contributed by atoms with van der Waals surface area (Å²) in [6, 6.07) is 7.90. The van der Waals surface area contributed by atoms with Gasteiger partial charge in [0.2, 0.25) is 0 Å². The highest BCUT2D eigenvalue weighted by Crippen LogP contribution is 2.33. The molecule has 0 aromatic heterocycles. The molecule has 1 radical (unpaired) electrons. The summed E-state index contributed by atoms with van der Waals surface area (Å²) in [6.07, 6.45) is -2.89. The third-order valence-corrected chi connectivity index (χ3v) is 3.32. The van der Waals surface area contributed by atoms with E-state index in [0.717, 1.165) is 5.56 Å². The number of ether oxygens (including phenoxy) is 1. The third kappa shape index (κ3) is 3.66. The number of carbonyl (C=O) groups excluding carboxylic acids is 1. The van der Waals surface area contributed by atoms with Crippen molar-refractivity contribution >= 4 is 6.09 Å². The fourth-order valence-corrected chi connectivity index (χ4v) is 2.21. The normalized spacial score (nSPS) is 24.9. The van der Waals surface area contributed by atoms with Crippen molar-refractivity contribution in [2.24, 2.45) is 0 Å². The van der Waals surface area contributed by atoms with Crippen LogP contribution in [-0.4, -0.2) is 24.2 Å². The number of alkyl halides is 2. The van der Waals surface area contributed by atoms with Gasteiger partial charge in [-0.15, -0.1) is 0 Å². The highest BCUT2D eigenvalue weighted by Gasteiger charge is 2.48. The van der Waals surface area contributed by atoms with Crippen molar-refractivity contribution in [3.63, 3.8) is 0 Å². The summed E-state index contributed by atoms with van der Waals surface area (Å²) < 4.78 is 31.4. The number of rotatable bonds is 3. The van der Waals surface area contributed by atoms with E-state index in [1.807, 2.05) is 6.07 Å². The first-order chi connectivity index (χ1) is 9.49. The zero-order chi connectivity index (χ0) is 14.6. The van der Waals surface area contributed by atoms with Crippen molar-refractivity contribution in [2.45, 2.75) is 43.9 Å². The molecule has 109 valence electrons. The number of alkyl carbamates (subject to hydrolysis) is 1. The van der Waals surface area contributed by atoms with E-state index in [1.54, 1.807) is 24.3 Å². The van der Waals surface area contributed by atoms with Crippen LogP contribution >= 0.6 is 0 Å². The number of nitrogens with one attached hydrogen (secondary N) is 1. The standard InChI is InChI=1S/C14H16F2NO3/c15-14(16)8-4-7-11(12(14)18)17-13(19)20-9-10-5-2-1-3-6-10/h1-3,5-6,11-12H,4,7-9H2,(H,17,19). The minimum atomic E-state index is -3.27. The van der Waals surface area contributed by atoms with Crippen molar-refractivity contribution in [3.8, 4) is 0 Å². The number of halogens is 2. The lowest BCUT2D eigenvalue weighted by molar-refractivity contribution is -0.167. The first-order valence-electron chi connectivity index (χ1n) is 6.50. The van der Waals surface area contributed by atoms with Crippen LogP contribution < -0.4 is 5.32 Å². The summed E-state index contributed by atoms with van der Waals surface area (Å²) in [5.74, 6) is -3.27. The molecule has 0 aliphatic heterocycles. The molecule has 2 rings (SSSR count). The van der Waals surface area contributed by atoms with Crippen molar-refractivity contribution in [2.75, 3.05) is 0 Å². The van der Waals surface area contributed by atoms with E-state index in [-0.39, 0.29) is 19.4 Å². The Morgan fingerprint density at radius 1 is 1.35 bits per heavy atom. The molecule has 2 unspecified atom stereocenters. The number of carbonyl (C=O) groups is 1. The molecular formula is C14H16F2NO3. The lowest BCUT2D eigenvalue weighted by Gasteiger charge is -2.32. The van der Waals surface area contributed by atoms with Gasteiger partial charge in [0.1, 0.15) is 6.61 Å². The van der Waals surface area contributed by atoms with Gasteiger partial charge >= 0.3 is 6.09 Å². The highest BCUT2D eigenvalue weighted by molar-refractivity contribution is 5.67. The second kappa shape index (κ2) is 6.17. The second-order valence-corrected chi connectivity index (χ2v) is 4.89. The summed E-state index contributed by atoms with van der Waals surface area (Å²) >= 11 is 0. The zero-order valence-corrected chi connectivity index (χ0v) is 10.9. The van der Waals surface area contributed by atoms with Gasteiger partial charge in [0, 0.05) is 6.42 Å². The van der Waals surface area contributed by atoms with Crippen molar-refractivity contribution in [1.82, 2.24) is 5.32 Å². The Balaban J connectivity index is 1.82. The van der Waals surface area contributed by atoms with Crippen LogP contribution in [0.3, 0.4) is 0 Å². The van der Waals surface area contributed by atoms with Crippen molar-refractivity contribution < 1.29 is 23.4 Å². The quantitative estimate of drug-likeness (QED) is 0.927. The average molecular weight is 284 g/mol. The smallest absolute Gasteiger partial charge is 0.407 e. The molecule has 1 aromatic carbocycles. The molecule has 4 nitrogen and oxygen atoms in total. The Hall–Kier alpha value is -1.69. The first-order valence-corrected chi connectivity index (χ1v) is 6.50. The topological polar surface area (TPSA) is 58.2 Å². The average Bonchev–Trinajstić information content (AvgIpc) is 2.43. The van der Waals surface area contributed by atoms with Gasteiger partial charge in [-0.25, -0.2) is 18.7 Å². The summed E-state index contributed by atoms with van der Waals surface area (Å²) in [4.78, 5) is 11.5.